The Balaban J connectivity index is 1.75. The van der Waals surface area contributed by atoms with Crippen LogP contribution in [0.15, 0.2) is 11.2 Å². The number of aryl methyl sites for hydroxylation is 3. The highest BCUT2D eigenvalue weighted by Gasteiger charge is 2.05. The van der Waals surface area contributed by atoms with Crippen LogP contribution in [-0.2, 0) is 13.0 Å². The van der Waals surface area contributed by atoms with Crippen molar-refractivity contribution >= 4 is 28.6 Å². The van der Waals surface area contributed by atoms with Crippen molar-refractivity contribution in [2.45, 2.75) is 33.7 Å². The van der Waals surface area contributed by atoms with E-state index in [9.17, 15) is 0 Å². The van der Waals surface area contributed by atoms with Crippen LogP contribution in [0, 0.1) is 20.8 Å². The molecule has 114 valence electrons. The SMILES string of the molecule is CN=C(NCCc1nc(C)c(C)s1)NCc1ncc(C)s1. The molecule has 0 spiro atoms. The van der Waals surface area contributed by atoms with Gasteiger partial charge in [-0.2, -0.15) is 0 Å². The fourth-order valence-corrected chi connectivity index (χ4v) is 3.46. The summed E-state index contributed by atoms with van der Waals surface area (Å²) >= 11 is 3.47. The standard InChI is InChI=1S/C14H21N5S2/c1-9-7-17-13(20-9)8-18-14(15-4)16-6-5-12-19-10(2)11(3)21-12/h7H,5-6,8H2,1-4H3,(H2,15,16,18). The van der Waals surface area contributed by atoms with E-state index in [0.717, 1.165) is 29.6 Å². The number of nitrogens with zero attached hydrogens (tertiary/aromatic N) is 3. The van der Waals surface area contributed by atoms with Gasteiger partial charge in [0.05, 0.1) is 17.2 Å². The van der Waals surface area contributed by atoms with Crippen LogP contribution < -0.4 is 10.6 Å². The second-order valence-electron chi connectivity index (χ2n) is 4.72. The monoisotopic (exact) mass is 323 g/mol. The topological polar surface area (TPSA) is 62.2 Å². The van der Waals surface area contributed by atoms with Gasteiger partial charge in [-0.25, -0.2) is 9.97 Å². The minimum absolute atomic E-state index is 0.702. The molecule has 5 nitrogen and oxygen atoms in total. The molecule has 0 aliphatic rings. The molecular formula is C14H21N5S2. The van der Waals surface area contributed by atoms with Gasteiger partial charge in [-0.1, -0.05) is 0 Å². The Morgan fingerprint density at radius 1 is 1.19 bits per heavy atom. The summed E-state index contributed by atoms with van der Waals surface area (Å²) in [4.78, 5) is 15.6. The molecule has 2 rings (SSSR count). The van der Waals surface area contributed by atoms with E-state index >= 15 is 0 Å². The average molecular weight is 323 g/mol. The van der Waals surface area contributed by atoms with Gasteiger partial charge < -0.3 is 10.6 Å². The molecule has 0 radical (unpaired) electrons. The summed E-state index contributed by atoms with van der Waals surface area (Å²) in [7, 11) is 1.78. The van der Waals surface area contributed by atoms with Crippen LogP contribution in [0.3, 0.4) is 0 Å². The van der Waals surface area contributed by atoms with Gasteiger partial charge in [-0.3, -0.25) is 4.99 Å². The van der Waals surface area contributed by atoms with Crippen molar-refractivity contribution in [3.05, 3.63) is 31.7 Å². The fraction of sp³-hybridized carbons (Fsp3) is 0.500. The Kier molecular flexibility index (Phi) is 5.69. The zero-order valence-corrected chi connectivity index (χ0v) is 14.5. The quantitative estimate of drug-likeness (QED) is 0.655. The molecule has 0 aromatic carbocycles. The first-order valence-electron chi connectivity index (χ1n) is 6.87. The summed E-state index contributed by atoms with van der Waals surface area (Å²) in [6.45, 7) is 7.75. The van der Waals surface area contributed by atoms with Crippen LogP contribution in [0.25, 0.3) is 0 Å². The van der Waals surface area contributed by atoms with Crippen LogP contribution in [-0.4, -0.2) is 29.5 Å². The summed E-state index contributed by atoms with van der Waals surface area (Å²) in [6.07, 6.45) is 2.81. The van der Waals surface area contributed by atoms with Crippen LogP contribution in [0.5, 0.6) is 0 Å². The van der Waals surface area contributed by atoms with Crippen molar-refractivity contribution in [2.24, 2.45) is 4.99 Å². The van der Waals surface area contributed by atoms with Crippen LogP contribution in [0.1, 0.15) is 25.5 Å². The molecule has 0 amide bonds. The number of rotatable bonds is 5. The molecule has 2 heterocycles. The Bertz CT molecular complexity index is 595. The van der Waals surface area contributed by atoms with E-state index in [-0.39, 0.29) is 0 Å². The number of thiazole rings is 2. The molecule has 0 saturated carbocycles. The molecule has 0 aliphatic carbocycles. The van der Waals surface area contributed by atoms with Crippen molar-refractivity contribution in [3.8, 4) is 0 Å². The third-order valence-electron chi connectivity index (χ3n) is 3.00. The predicted octanol–water partition coefficient (Wildman–Crippen LogP) is 2.43. The lowest BCUT2D eigenvalue weighted by Crippen LogP contribution is -2.37. The highest BCUT2D eigenvalue weighted by Crippen LogP contribution is 2.16. The van der Waals surface area contributed by atoms with E-state index in [2.05, 4.69) is 46.4 Å². The molecule has 0 bridgehead atoms. The molecule has 2 aromatic heterocycles. The van der Waals surface area contributed by atoms with Crippen molar-refractivity contribution in [2.75, 3.05) is 13.6 Å². The van der Waals surface area contributed by atoms with Gasteiger partial charge in [0.15, 0.2) is 5.96 Å². The maximum Gasteiger partial charge on any atom is 0.191 e. The molecule has 0 fully saturated rings. The van der Waals surface area contributed by atoms with E-state index in [1.54, 1.807) is 29.7 Å². The summed E-state index contributed by atoms with van der Waals surface area (Å²) in [5, 5.41) is 8.82. The normalized spacial score (nSPS) is 11.7. The third kappa shape index (κ3) is 4.78. The second kappa shape index (κ2) is 7.51. The molecular weight excluding hydrogens is 302 g/mol. The lowest BCUT2D eigenvalue weighted by atomic mass is 10.4. The number of nitrogens with one attached hydrogen (secondary N) is 2. The largest absolute Gasteiger partial charge is 0.356 e. The van der Waals surface area contributed by atoms with Gasteiger partial charge in [-0.15, -0.1) is 22.7 Å². The Morgan fingerprint density at radius 2 is 2.00 bits per heavy atom. The van der Waals surface area contributed by atoms with Crippen LogP contribution in [0.2, 0.25) is 0 Å². The molecule has 0 unspecified atom stereocenters. The first-order chi connectivity index (χ1) is 10.1. The summed E-state index contributed by atoms with van der Waals surface area (Å²) in [5.41, 5.74) is 1.14. The lowest BCUT2D eigenvalue weighted by Gasteiger charge is -2.09. The van der Waals surface area contributed by atoms with Gasteiger partial charge in [0, 0.05) is 36.0 Å². The Morgan fingerprint density at radius 3 is 2.57 bits per heavy atom. The van der Waals surface area contributed by atoms with Crippen LogP contribution >= 0.6 is 22.7 Å². The first-order valence-corrected chi connectivity index (χ1v) is 8.50. The molecule has 2 aromatic rings. The van der Waals surface area contributed by atoms with Crippen LogP contribution in [0.4, 0.5) is 0 Å². The van der Waals surface area contributed by atoms with Gasteiger partial charge >= 0.3 is 0 Å². The maximum atomic E-state index is 4.54. The van der Waals surface area contributed by atoms with E-state index in [0.29, 0.717) is 6.54 Å². The molecule has 7 heteroatoms. The molecule has 2 N–H and O–H groups in total. The Labute approximate surface area is 133 Å². The summed E-state index contributed by atoms with van der Waals surface area (Å²) in [6, 6.07) is 0. The first kappa shape index (κ1) is 15.9. The highest BCUT2D eigenvalue weighted by atomic mass is 32.1. The summed E-state index contributed by atoms with van der Waals surface area (Å²) in [5.74, 6) is 0.799. The van der Waals surface area contributed by atoms with Gasteiger partial charge in [0.25, 0.3) is 0 Å². The molecule has 0 atom stereocenters. The van der Waals surface area contributed by atoms with Crippen molar-refractivity contribution < 1.29 is 0 Å². The predicted molar refractivity (Wildman–Crippen MR) is 90.3 cm³/mol. The maximum absolute atomic E-state index is 4.54. The zero-order chi connectivity index (χ0) is 15.2. The number of guanidine groups is 1. The minimum atomic E-state index is 0.702. The van der Waals surface area contributed by atoms with Gasteiger partial charge in [-0.05, 0) is 20.8 Å². The number of aromatic nitrogens is 2. The zero-order valence-electron chi connectivity index (χ0n) is 12.9. The molecule has 0 saturated heterocycles. The van der Waals surface area contributed by atoms with Gasteiger partial charge in [0.2, 0.25) is 0 Å². The molecule has 0 aliphatic heterocycles. The van der Waals surface area contributed by atoms with Crippen molar-refractivity contribution in [3.63, 3.8) is 0 Å². The smallest absolute Gasteiger partial charge is 0.191 e. The highest BCUT2D eigenvalue weighted by molar-refractivity contribution is 7.11. The number of aliphatic imine (C=N–C) groups is 1. The van der Waals surface area contributed by atoms with E-state index in [1.165, 1.54) is 14.8 Å². The van der Waals surface area contributed by atoms with Crippen molar-refractivity contribution in [1.29, 1.82) is 0 Å². The average Bonchev–Trinajstić information content (AvgIpc) is 3.00. The Hall–Kier alpha value is -1.47. The third-order valence-corrected chi connectivity index (χ3v) is 5.05. The number of hydrogen-bond donors (Lipinski definition) is 2. The van der Waals surface area contributed by atoms with E-state index in [4.69, 9.17) is 0 Å². The second-order valence-corrected chi connectivity index (χ2v) is 7.32. The van der Waals surface area contributed by atoms with Gasteiger partial charge in [0.1, 0.15) is 5.01 Å². The van der Waals surface area contributed by atoms with Crippen molar-refractivity contribution in [1.82, 2.24) is 20.6 Å². The van der Waals surface area contributed by atoms with E-state index in [1.807, 2.05) is 6.20 Å². The van der Waals surface area contributed by atoms with E-state index < -0.39 is 0 Å². The molecule has 21 heavy (non-hydrogen) atoms. The minimum Gasteiger partial charge on any atom is -0.356 e. The summed E-state index contributed by atoms with van der Waals surface area (Å²) < 4.78 is 0. The fourth-order valence-electron chi connectivity index (χ4n) is 1.80. The lowest BCUT2D eigenvalue weighted by molar-refractivity contribution is 0.788. The number of hydrogen-bond acceptors (Lipinski definition) is 5.